The summed E-state index contributed by atoms with van der Waals surface area (Å²) in [6, 6.07) is 13.0. The Hall–Kier alpha value is -4.35. The number of piperazine rings is 1. The van der Waals surface area contributed by atoms with Crippen molar-refractivity contribution in [1.82, 2.24) is 9.80 Å². The fourth-order valence-electron chi connectivity index (χ4n) is 15.8. The normalized spacial score (nSPS) is 33.6. The number of ether oxygens (including phenoxy) is 4. The molecule has 0 radical (unpaired) electrons. The molecule has 382 valence electrons. The highest BCUT2D eigenvalue weighted by Gasteiger charge is 2.72. The van der Waals surface area contributed by atoms with Crippen LogP contribution >= 0.6 is 11.6 Å². The number of hydrogen-bond donors (Lipinski definition) is 1. The van der Waals surface area contributed by atoms with Gasteiger partial charge in [0.05, 0.1) is 17.3 Å². The van der Waals surface area contributed by atoms with E-state index in [-0.39, 0.29) is 65.3 Å². The SMILES string of the molecule is C=C(C)[C@@H]1CC[C@]2(C(=O)N3CCN(C(=O)/C=C/c4ccc(OCOC)c(OCc5cccc(Cl)c5)c4)CC3)CC[C@]3(C)[C@H](CC[C@@H]4[C@@]5(C)CC[C@H](OC(=O)CC(C)(C)C(=O)O)C(C)(C)[C@@H]5CC[C@]43C)[C@@H]12. The Morgan fingerprint density at radius 2 is 1.56 bits per heavy atom. The monoisotopic (exact) mass is 983 g/mol. The first-order valence-corrected chi connectivity index (χ1v) is 26.4. The summed E-state index contributed by atoms with van der Waals surface area (Å²) in [7, 11) is 1.56. The van der Waals surface area contributed by atoms with Gasteiger partial charge in [-0.2, -0.15) is 0 Å². The molecule has 5 saturated carbocycles. The molecule has 11 nitrogen and oxygen atoms in total. The van der Waals surface area contributed by atoms with Gasteiger partial charge in [-0.1, -0.05) is 76.6 Å². The lowest BCUT2D eigenvalue weighted by molar-refractivity contribution is -0.250. The number of nitrogens with zero attached hydrogens (tertiary/aromatic N) is 2. The van der Waals surface area contributed by atoms with E-state index in [2.05, 4.69) is 53.0 Å². The number of carbonyl (C=O) groups is 4. The van der Waals surface area contributed by atoms with Crippen molar-refractivity contribution in [3.05, 3.63) is 76.8 Å². The standard InChI is InChI=1S/C58H79ClN2O9/c1-37(2)41-20-25-58(51(64)61-30-28-60(29-31-61)48(62)19-15-38-14-17-43(69-36-67-10)44(33-38)68-35-39-12-11-13-40(59)32-39)27-26-56(8)42(50(41)58)16-18-46-55(7)23-22-47(70-49(63)34-53(3,4)52(65)66)54(5,6)45(55)21-24-57(46,56)9/h11-15,17,19,32-33,41-42,45-47,50H,1,16,18,20-31,34-36H2,2-10H3,(H,65,66)/b19-15+/t41-,42+,45-,46+,47-,50+,55-,56+,57+,58-/m0/s1. The van der Waals surface area contributed by atoms with Gasteiger partial charge in [0.15, 0.2) is 18.3 Å². The van der Waals surface area contributed by atoms with Gasteiger partial charge >= 0.3 is 11.9 Å². The summed E-state index contributed by atoms with van der Waals surface area (Å²) in [4.78, 5) is 58.0. The maximum Gasteiger partial charge on any atom is 0.309 e. The maximum atomic E-state index is 15.3. The van der Waals surface area contributed by atoms with Gasteiger partial charge in [-0.05, 0) is 172 Å². The maximum absolute atomic E-state index is 15.3. The van der Waals surface area contributed by atoms with Gasteiger partial charge in [0.2, 0.25) is 11.8 Å². The van der Waals surface area contributed by atoms with Crippen LogP contribution in [0.4, 0.5) is 0 Å². The number of fused-ring (bicyclic) bond motifs is 7. The number of allylic oxidation sites excluding steroid dienone is 1. The predicted molar refractivity (Wildman–Crippen MR) is 272 cm³/mol. The molecule has 2 amide bonds. The van der Waals surface area contributed by atoms with Crippen LogP contribution < -0.4 is 9.47 Å². The van der Waals surface area contributed by atoms with Crippen LogP contribution in [0.3, 0.4) is 0 Å². The molecular formula is C58H79ClN2O9. The van der Waals surface area contributed by atoms with Crippen LogP contribution in [-0.2, 0) is 35.3 Å². The van der Waals surface area contributed by atoms with E-state index in [0.717, 1.165) is 75.3 Å². The molecule has 6 fully saturated rings. The zero-order valence-corrected chi connectivity index (χ0v) is 44.1. The molecule has 1 saturated heterocycles. The minimum atomic E-state index is -1.18. The predicted octanol–water partition coefficient (Wildman–Crippen LogP) is 11.7. The van der Waals surface area contributed by atoms with Gasteiger partial charge < -0.3 is 33.9 Å². The Balaban J connectivity index is 0.939. The number of methoxy groups -OCH3 is 1. The summed E-state index contributed by atoms with van der Waals surface area (Å²) in [5.41, 5.74) is 1.22. The van der Waals surface area contributed by atoms with E-state index in [1.165, 1.54) is 5.57 Å². The lowest BCUT2D eigenvalue weighted by Gasteiger charge is -2.73. The molecule has 8 rings (SSSR count). The molecule has 12 heteroatoms. The highest BCUT2D eigenvalue weighted by atomic mass is 35.5. The largest absolute Gasteiger partial charge is 0.485 e. The quantitative estimate of drug-likeness (QED) is 0.0850. The van der Waals surface area contributed by atoms with Crippen molar-refractivity contribution in [3.63, 3.8) is 0 Å². The van der Waals surface area contributed by atoms with Crippen LogP contribution in [0.25, 0.3) is 6.08 Å². The molecule has 1 N–H and O–H groups in total. The topological polar surface area (TPSA) is 132 Å². The average molecular weight is 984 g/mol. The Bertz CT molecular complexity index is 2370. The van der Waals surface area contributed by atoms with Crippen LogP contribution in [0.2, 0.25) is 5.02 Å². The number of hydrogen-bond acceptors (Lipinski definition) is 8. The third kappa shape index (κ3) is 9.22. The summed E-state index contributed by atoms with van der Waals surface area (Å²) in [5, 5.41) is 10.3. The van der Waals surface area contributed by atoms with Gasteiger partial charge in [0.25, 0.3) is 0 Å². The molecule has 10 atom stereocenters. The third-order valence-corrected chi connectivity index (χ3v) is 20.0. The smallest absolute Gasteiger partial charge is 0.309 e. The van der Waals surface area contributed by atoms with Gasteiger partial charge in [0.1, 0.15) is 12.7 Å². The molecule has 1 aliphatic heterocycles. The van der Waals surface area contributed by atoms with Gasteiger partial charge in [-0.3, -0.25) is 19.2 Å². The number of halogens is 1. The lowest BCUT2D eigenvalue weighted by Crippen LogP contribution is -2.68. The van der Waals surface area contributed by atoms with Crippen LogP contribution in [0.1, 0.15) is 137 Å². The first kappa shape index (κ1) is 52.0. The number of carboxylic acids is 1. The lowest BCUT2D eigenvalue weighted by atomic mass is 9.32. The third-order valence-electron chi connectivity index (χ3n) is 19.8. The van der Waals surface area contributed by atoms with E-state index in [1.54, 1.807) is 33.1 Å². The second-order valence-electron chi connectivity index (χ2n) is 24.2. The van der Waals surface area contributed by atoms with Crippen molar-refractivity contribution in [2.45, 2.75) is 139 Å². The molecule has 0 spiro atoms. The molecular weight excluding hydrogens is 904 g/mol. The Morgan fingerprint density at radius 3 is 2.24 bits per heavy atom. The van der Waals surface area contributed by atoms with Crippen LogP contribution in [-0.4, -0.2) is 84.8 Å². The minimum Gasteiger partial charge on any atom is -0.485 e. The molecule has 5 aliphatic carbocycles. The van der Waals surface area contributed by atoms with Crippen LogP contribution in [0, 0.1) is 62.1 Å². The van der Waals surface area contributed by atoms with Crippen molar-refractivity contribution in [3.8, 4) is 11.5 Å². The molecule has 0 unspecified atom stereocenters. The van der Waals surface area contributed by atoms with Gasteiger partial charge in [0, 0.05) is 49.8 Å². The Morgan fingerprint density at radius 1 is 0.829 bits per heavy atom. The molecule has 1 heterocycles. The van der Waals surface area contributed by atoms with Crippen molar-refractivity contribution < 1.29 is 43.2 Å². The number of carbonyl (C=O) groups excluding carboxylic acids is 3. The van der Waals surface area contributed by atoms with E-state index in [0.29, 0.717) is 66.4 Å². The number of aliphatic carboxylic acids is 1. The second-order valence-corrected chi connectivity index (χ2v) is 24.6. The van der Waals surface area contributed by atoms with E-state index >= 15 is 4.79 Å². The summed E-state index contributed by atoms with van der Waals surface area (Å²) in [6.07, 6.45) is 12.9. The first-order valence-electron chi connectivity index (χ1n) is 26.0. The molecule has 0 bridgehead atoms. The van der Waals surface area contributed by atoms with E-state index < -0.39 is 22.8 Å². The number of rotatable bonds is 14. The van der Waals surface area contributed by atoms with E-state index in [9.17, 15) is 19.5 Å². The van der Waals surface area contributed by atoms with Crippen LogP contribution in [0.15, 0.2) is 60.7 Å². The zero-order valence-electron chi connectivity index (χ0n) is 43.4. The Kier molecular flexibility index (Phi) is 14.5. The molecule has 0 aromatic heterocycles. The van der Waals surface area contributed by atoms with E-state index in [1.807, 2.05) is 47.4 Å². The molecule has 2 aromatic carbocycles. The molecule has 70 heavy (non-hydrogen) atoms. The number of carboxylic acid groups (broad SMARTS) is 1. The van der Waals surface area contributed by atoms with E-state index in [4.69, 9.17) is 30.5 Å². The summed E-state index contributed by atoms with van der Waals surface area (Å²) in [6.45, 7) is 24.6. The fraction of sp³-hybridized carbons (Fsp3) is 0.655. The second kappa shape index (κ2) is 19.6. The Labute approximate surface area is 422 Å². The number of benzene rings is 2. The number of esters is 1. The van der Waals surface area contributed by atoms with Gasteiger partial charge in [-0.25, -0.2) is 0 Å². The minimum absolute atomic E-state index is 0.0457. The summed E-state index contributed by atoms with van der Waals surface area (Å²) >= 11 is 6.20. The summed E-state index contributed by atoms with van der Waals surface area (Å²) in [5.74, 6) is 1.62. The van der Waals surface area contributed by atoms with Crippen molar-refractivity contribution in [2.75, 3.05) is 40.1 Å². The highest BCUT2D eigenvalue weighted by Crippen LogP contribution is 2.78. The highest BCUT2D eigenvalue weighted by molar-refractivity contribution is 6.30. The van der Waals surface area contributed by atoms with Crippen LogP contribution in [0.5, 0.6) is 11.5 Å². The fourth-order valence-corrected chi connectivity index (χ4v) is 16.0. The van der Waals surface area contributed by atoms with Crippen molar-refractivity contribution in [1.29, 1.82) is 0 Å². The average Bonchev–Trinajstić information content (AvgIpc) is 3.72. The first-order chi connectivity index (χ1) is 33.0. The van der Waals surface area contributed by atoms with Crippen molar-refractivity contribution >= 4 is 41.4 Å². The molecule has 6 aliphatic rings. The zero-order chi connectivity index (χ0) is 50.6. The summed E-state index contributed by atoms with van der Waals surface area (Å²) < 4.78 is 23.3. The number of amides is 2. The van der Waals surface area contributed by atoms with Gasteiger partial charge in [-0.15, -0.1) is 0 Å². The molecule has 2 aromatic rings. The van der Waals surface area contributed by atoms with Crippen molar-refractivity contribution in [2.24, 2.45) is 62.1 Å².